The van der Waals surface area contributed by atoms with E-state index >= 15 is 0 Å². The van der Waals surface area contributed by atoms with Crippen LogP contribution in [-0.2, 0) is 4.79 Å². The smallest absolute Gasteiger partial charge is 0.141 e. The van der Waals surface area contributed by atoms with Gasteiger partial charge in [-0.1, -0.05) is 30.4 Å². The number of carbonyl (C=O) groups excluding carboxylic acids is 1. The lowest BCUT2D eigenvalue weighted by Crippen LogP contribution is -2.35. The van der Waals surface area contributed by atoms with Crippen LogP contribution in [0.4, 0.5) is 0 Å². The van der Waals surface area contributed by atoms with E-state index in [0.717, 1.165) is 16.7 Å². The predicted molar refractivity (Wildman–Crippen MR) is 61.1 cm³/mol. The van der Waals surface area contributed by atoms with E-state index in [1.807, 2.05) is 30.4 Å². The van der Waals surface area contributed by atoms with Crippen molar-refractivity contribution in [2.75, 3.05) is 0 Å². The first-order chi connectivity index (χ1) is 7.84. The molecule has 2 nitrogen and oxygen atoms in total. The first kappa shape index (κ1) is 8.34. The Hall–Kier alpha value is -1.83. The van der Waals surface area contributed by atoms with E-state index in [4.69, 9.17) is 4.42 Å². The molecule has 1 saturated carbocycles. The number of rotatable bonds is 0. The third-order valence-corrected chi connectivity index (χ3v) is 3.70. The van der Waals surface area contributed by atoms with Gasteiger partial charge in [-0.05, 0) is 6.07 Å². The molecule has 2 aliphatic rings. The zero-order chi connectivity index (χ0) is 10.7. The highest BCUT2D eigenvalue weighted by Gasteiger charge is 2.44. The van der Waals surface area contributed by atoms with Crippen molar-refractivity contribution >= 4 is 22.8 Å². The third-order valence-electron chi connectivity index (χ3n) is 3.70. The summed E-state index contributed by atoms with van der Waals surface area (Å²) in [6, 6.07) is 8.05. The van der Waals surface area contributed by atoms with Crippen LogP contribution in [0.3, 0.4) is 0 Å². The van der Waals surface area contributed by atoms with Gasteiger partial charge in [-0.3, -0.25) is 4.79 Å². The van der Waals surface area contributed by atoms with Crippen molar-refractivity contribution in [1.29, 1.82) is 0 Å². The molecule has 0 radical (unpaired) electrons. The molecule has 2 aromatic rings. The molecule has 0 spiro atoms. The van der Waals surface area contributed by atoms with Crippen LogP contribution in [0.25, 0.3) is 17.0 Å². The Kier molecular flexibility index (Phi) is 1.38. The van der Waals surface area contributed by atoms with Gasteiger partial charge < -0.3 is 4.42 Å². The van der Waals surface area contributed by atoms with Crippen molar-refractivity contribution in [1.82, 2.24) is 0 Å². The number of hydrogen-bond acceptors (Lipinski definition) is 2. The van der Waals surface area contributed by atoms with Crippen LogP contribution < -0.4 is 0 Å². The third kappa shape index (κ3) is 0.854. The minimum Gasteiger partial charge on any atom is -0.460 e. The van der Waals surface area contributed by atoms with Crippen molar-refractivity contribution in [3.8, 4) is 0 Å². The summed E-state index contributed by atoms with van der Waals surface area (Å²) in [7, 11) is 0. The van der Waals surface area contributed by atoms with E-state index in [1.54, 1.807) is 0 Å². The fraction of sp³-hybridized carbons (Fsp3) is 0.214. The fourth-order valence-corrected chi connectivity index (χ4v) is 2.77. The first-order valence-electron chi connectivity index (χ1n) is 5.57. The topological polar surface area (TPSA) is 30.2 Å². The van der Waals surface area contributed by atoms with Gasteiger partial charge in [0, 0.05) is 29.2 Å². The fourth-order valence-electron chi connectivity index (χ4n) is 2.77. The Labute approximate surface area is 92.6 Å². The van der Waals surface area contributed by atoms with Gasteiger partial charge in [0.05, 0.1) is 0 Å². The summed E-state index contributed by atoms with van der Waals surface area (Å²) in [5.74, 6) is 1.72. The number of ketones is 1. The SMILES string of the molecule is O=C1C[C@@H]2c3oc4ccccc4c3C=C[C@H]12. The lowest BCUT2D eigenvalue weighted by atomic mass is 9.68. The van der Waals surface area contributed by atoms with Gasteiger partial charge in [0.25, 0.3) is 0 Å². The predicted octanol–water partition coefficient (Wildman–Crippen LogP) is 3.13. The summed E-state index contributed by atoms with van der Waals surface area (Å²) in [4.78, 5) is 11.4. The first-order valence-corrected chi connectivity index (χ1v) is 5.57. The zero-order valence-corrected chi connectivity index (χ0v) is 8.64. The van der Waals surface area contributed by atoms with Gasteiger partial charge in [0.2, 0.25) is 0 Å². The number of fused-ring (bicyclic) bond motifs is 5. The Balaban J connectivity index is 2.01. The summed E-state index contributed by atoms with van der Waals surface area (Å²) in [5, 5.41) is 1.16. The van der Waals surface area contributed by atoms with Gasteiger partial charge in [-0.15, -0.1) is 0 Å². The number of carbonyl (C=O) groups is 1. The monoisotopic (exact) mass is 210 g/mol. The molecule has 1 heterocycles. The number of Topliss-reactive ketones (excluding diaryl/α,β-unsaturated/α-hetero) is 1. The second-order valence-corrected chi connectivity index (χ2v) is 4.54. The minimum atomic E-state index is 0.0769. The van der Waals surface area contributed by atoms with Gasteiger partial charge in [-0.2, -0.15) is 0 Å². The number of allylic oxidation sites excluding steroid dienone is 1. The maximum atomic E-state index is 11.4. The molecule has 2 atom stereocenters. The van der Waals surface area contributed by atoms with Gasteiger partial charge >= 0.3 is 0 Å². The number of furan rings is 1. The Bertz CT molecular complexity index is 633. The average molecular weight is 210 g/mol. The molecule has 16 heavy (non-hydrogen) atoms. The molecule has 4 rings (SSSR count). The van der Waals surface area contributed by atoms with Crippen molar-refractivity contribution in [2.24, 2.45) is 5.92 Å². The van der Waals surface area contributed by atoms with Gasteiger partial charge in [0.1, 0.15) is 17.1 Å². The van der Waals surface area contributed by atoms with E-state index in [9.17, 15) is 4.79 Å². The van der Waals surface area contributed by atoms with Gasteiger partial charge in [-0.25, -0.2) is 0 Å². The van der Waals surface area contributed by atoms with E-state index in [2.05, 4.69) is 6.07 Å². The molecular weight excluding hydrogens is 200 g/mol. The Morgan fingerprint density at radius 3 is 3.00 bits per heavy atom. The molecule has 0 amide bonds. The quantitative estimate of drug-likeness (QED) is 0.668. The van der Waals surface area contributed by atoms with E-state index in [1.165, 1.54) is 5.56 Å². The van der Waals surface area contributed by atoms with Crippen molar-refractivity contribution in [3.63, 3.8) is 0 Å². The summed E-state index contributed by atoms with van der Waals surface area (Å²) in [6.45, 7) is 0. The van der Waals surface area contributed by atoms with Crippen LogP contribution in [0, 0.1) is 5.92 Å². The molecule has 0 saturated heterocycles. The molecule has 0 aliphatic heterocycles. The molecule has 1 fully saturated rings. The largest absolute Gasteiger partial charge is 0.460 e. The molecular formula is C14H10O2. The molecule has 2 aliphatic carbocycles. The highest BCUT2D eigenvalue weighted by Crippen LogP contribution is 2.48. The summed E-state index contributed by atoms with van der Waals surface area (Å²) in [5.41, 5.74) is 2.10. The molecule has 2 heteroatoms. The molecule has 1 aromatic heterocycles. The Morgan fingerprint density at radius 2 is 2.12 bits per heavy atom. The lowest BCUT2D eigenvalue weighted by Gasteiger charge is -2.34. The van der Waals surface area contributed by atoms with Crippen molar-refractivity contribution in [2.45, 2.75) is 12.3 Å². The summed E-state index contributed by atoms with van der Waals surface area (Å²) < 4.78 is 5.87. The standard InChI is InChI=1S/C14H10O2/c15-12-7-11-8(12)5-6-10-9-3-1-2-4-13(9)16-14(10)11/h1-6,8,11H,7H2/t8-,11-/m0/s1. The molecule has 78 valence electrons. The van der Waals surface area contributed by atoms with E-state index in [-0.39, 0.29) is 5.92 Å². The second kappa shape index (κ2) is 2.64. The lowest BCUT2D eigenvalue weighted by molar-refractivity contribution is -0.129. The van der Waals surface area contributed by atoms with Crippen LogP contribution >= 0.6 is 0 Å². The zero-order valence-electron chi connectivity index (χ0n) is 8.64. The van der Waals surface area contributed by atoms with Crippen LogP contribution in [0.5, 0.6) is 0 Å². The Morgan fingerprint density at radius 1 is 1.25 bits per heavy atom. The van der Waals surface area contributed by atoms with Crippen molar-refractivity contribution in [3.05, 3.63) is 41.7 Å². The molecule has 0 unspecified atom stereocenters. The maximum Gasteiger partial charge on any atom is 0.141 e. The molecule has 1 aromatic carbocycles. The maximum absolute atomic E-state index is 11.4. The van der Waals surface area contributed by atoms with Crippen LogP contribution in [0.1, 0.15) is 23.7 Å². The second-order valence-electron chi connectivity index (χ2n) is 4.54. The minimum absolute atomic E-state index is 0.0769. The summed E-state index contributed by atoms with van der Waals surface area (Å²) in [6.07, 6.45) is 4.71. The van der Waals surface area contributed by atoms with E-state index < -0.39 is 0 Å². The highest BCUT2D eigenvalue weighted by molar-refractivity contribution is 5.97. The normalized spacial score (nSPS) is 26.4. The molecule has 0 N–H and O–H groups in total. The summed E-state index contributed by atoms with van der Waals surface area (Å²) >= 11 is 0. The van der Waals surface area contributed by atoms with Crippen LogP contribution in [-0.4, -0.2) is 5.78 Å². The number of para-hydroxylation sites is 1. The van der Waals surface area contributed by atoms with Crippen molar-refractivity contribution < 1.29 is 9.21 Å². The van der Waals surface area contributed by atoms with Crippen LogP contribution in [0.2, 0.25) is 0 Å². The van der Waals surface area contributed by atoms with Crippen LogP contribution in [0.15, 0.2) is 34.8 Å². The molecule has 0 bridgehead atoms. The van der Waals surface area contributed by atoms with E-state index in [0.29, 0.717) is 18.1 Å². The number of benzene rings is 1. The highest BCUT2D eigenvalue weighted by atomic mass is 16.3. The average Bonchev–Trinajstić information content (AvgIpc) is 2.66. The number of hydrogen-bond donors (Lipinski definition) is 0. The van der Waals surface area contributed by atoms with Gasteiger partial charge in [0.15, 0.2) is 0 Å².